The highest BCUT2D eigenvalue weighted by atomic mass is 35.5. The maximum Gasteiger partial charge on any atom is 0.111 e. The minimum Gasteiger partial charge on any atom is -0.499 e. The van der Waals surface area contributed by atoms with Crippen LogP contribution in [-0.4, -0.2) is 51.4 Å². The number of halogens is 2. The summed E-state index contributed by atoms with van der Waals surface area (Å²) in [4.78, 5) is 0. The second-order valence-electron chi connectivity index (χ2n) is 3.95. The van der Waals surface area contributed by atoms with E-state index in [1.54, 1.807) is 0 Å². The van der Waals surface area contributed by atoms with Gasteiger partial charge in [0.1, 0.15) is 13.2 Å². The molecule has 0 aliphatic carbocycles. The quantitative estimate of drug-likeness (QED) is 0.281. The third-order valence-electron chi connectivity index (χ3n) is 2.31. The molecule has 4 nitrogen and oxygen atoms in total. The first kappa shape index (κ1) is 18.6. The van der Waals surface area contributed by atoms with Crippen LogP contribution in [0.5, 0.6) is 0 Å². The van der Waals surface area contributed by atoms with E-state index in [2.05, 4.69) is 13.2 Å². The van der Waals surface area contributed by atoms with Gasteiger partial charge in [0.15, 0.2) is 0 Å². The lowest BCUT2D eigenvalue weighted by atomic mass is 9.95. The van der Waals surface area contributed by atoms with E-state index in [1.165, 1.54) is 12.5 Å². The average molecular weight is 313 g/mol. The van der Waals surface area contributed by atoms with Crippen LogP contribution in [0.2, 0.25) is 0 Å². The number of rotatable bonds is 14. The van der Waals surface area contributed by atoms with Gasteiger partial charge in [-0.3, -0.25) is 0 Å². The molecule has 0 fully saturated rings. The molecule has 0 radical (unpaired) electrons. The van der Waals surface area contributed by atoms with Crippen molar-refractivity contribution in [3.05, 3.63) is 25.7 Å². The molecule has 112 valence electrons. The summed E-state index contributed by atoms with van der Waals surface area (Å²) < 4.78 is 20.9. The van der Waals surface area contributed by atoms with Gasteiger partial charge in [0.2, 0.25) is 0 Å². The van der Waals surface area contributed by atoms with Crippen molar-refractivity contribution in [1.82, 2.24) is 0 Å². The fourth-order valence-corrected chi connectivity index (χ4v) is 1.78. The average Bonchev–Trinajstić information content (AvgIpc) is 2.45. The minimum absolute atomic E-state index is 0.362. The normalized spacial score (nSPS) is 11.1. The van der Waals surface area contributed by atoms with E-state index >= 15 is 0 Å². The molecule has 0 amide bonds. The van der Waals surface area contributed by atoms with Crippen LogP contribution in [0, 0.1) is 5.41 Å². The van der Waals surface area contributed by atoms with Crippen LogP contribution in [0.15, 0.2) is 25.7 Å². The Bertz CT molecular complexity index is 213. The Morgan fingerprint density at radius 1 is 0.789 bits per heavy atom. The van der Waals surface area contributed by atoms with Crippen LogP contribution in [0.1, 0.15) is 0 Å². The molecule has 0 aromatic carbocycles. The molecule has 0 atom stereocenters. The Morgan fingerprint density at radius 3 is 1.53 bits per heavy atom. The first-order valence-electron chi connectivity index (χ1n) is 5.97. The van der Waals surface area contributed by atoms with E-state index in [1.807, 2.05) is 0 Å². The van der Waals surface area contributed by atoms with Crippen LogP contribution in [0.4, 0.5) is 0 Å². The van der Waals surface area contributed by atoms with Crippen LogP contribution in [0.25, 0.3) is 0 Å². The lowest BCUT2D eigenvalue weighted by Gasteiger charge is -2.28. The molecule has 0 aliphatic rings. The summed E-state index contributed by atoms with van der Waals surface area (Å²) in [6, 6.07) is 0. The largest absolute Gasteiger partial charge is 0.499 e. The number of ether oxygens (including phenoxy) is 4. The summed E-state index contributed by atoms with van der Waals surface area (Å²) in [7, 11) is 0. The molecule has 19 heavy (non-hydrogen) atoms. The maximum atomic E-state index is 5.97. The predicted octanol–water partition coefficient (Wildman–Crippen LogP) is 2.80. The van der Waals surface area contributed by atoms with Crippen LogP contribution < -0.4 is 0 Å². The SMILES string of the molecule is C=COCCOCC(CCl)(CCl)COCCOC=C. The highest BCUT2D eigenvalue weighted by Crippen LogP contribution is 2.22. The van der Waals surface area contributed by atoms with Crippen LogP contribution in [-0.2, 0) is 18.9 Å². The third kappa shape index (κ3) is 9.16. The van der Waals surface area contributed by atoms with Crippen molar-refractivity contribution in [2.45, 2.75) is 0 Å². The lowest BCUT2D eigenvalue weighted by Crippen LogP contribution is -2.37. The fourth-order valence-electron chi connectivity index (χ4n) is 1.19. The second kappa shape index (κ2) is 12.6. The Kier molecular flexibility index (Phi) is 12.3. The van der Waals surface area contributed by atoms with Crippen molar-refractivity contribution in [3.8, 4) is 0 Å². The topological polar surface area (TPSA) is 36.9 Å². The Morgan fingerprint density at radius 2 is 1.21 bits per heavy atom. The molecular formula is C13H22Cl2O4. The molecule has 0 bridgehead atoms. The number of hydrogen-bond donors (Lipinski definition) is 0. The summed E-state index contributed by atoms with van der Waals surface area (Å²) in [6.07, 6.45) is 2.75. The van der Waals surface area contributed by atoms with Crippen LogP contribution >= 0.6 is 23.2 Å². The fraction of sp³-hybridized carbons (Fsp3) is 0.692. The summed E-state index contributed by atoms with van der Waals surface area (Å²) >= 11 is 11.9. The first-order valence-corrected chi connectivity index (χ1v) is 7.04. The zero-order chi connectivity index (χ0) is 14.4. The molecule has 6 heteroatoms. The molecule has 0 unspecified atom stereocenters. The van der Waals surface area contributed by atoms with Gasteiger partial charge in [-0.1, -0.05) is 13.2 Å². The van der Waals surface area contributed by atoms with Gasteiger partial charge in [0.25, 0.3) is 0 Å². The van der Waals surface area contributed by atoms with Gasteiger partial charge in [-0.15, -0.1) is 23.2 Å². The lowest BCUT2D eigenvalue weighted by molar-refractivity contribution is -0.0176. The van der Waals surface area contributed by atoms with Gasteiger partial charge in [-0.2, -0.15) is 0 Å². The summed E-state index contributed by atoms with van der Waals surface area (Å²) in [6.45, 7) is 9.56. The minimum atomic E-state index is -0.397. The molecule has 0 N–H and O–H groups in total. The molecule has 0 saturated carbocycles. The Hall–Kier alpha value is -0.420. The monoisotopic (exact) mass is 312 g/mol. The summed E-state index contributed by atoms with van der Waals surface area (Å²) in [5.74, 6) is 0.724. The molecule has 0 rings (SSSR count). The second-order valence-corrected chi connectivity index (χ2v) is 4.48. The molecule has 0 aromatic heterocycles. The standard InChI is InChI=1S/C13H22Cl2O4/c1-3-16-5-7-18-11-13(9-14,10-15)12-19-8-6-17-4-2/h3-4H,1-2,5-12H2. The summed E-state index contributed by atoms with van der Waals surface area (Å²) in [5.41, 5.74) is -0.397. The van der Waals surface area contributed by atoms with Gasteiger partial charge in [0, 0.05) is 17.2 Å². The smallest absolute Gasteiger partial charge is 0.111 e. The van der Waals surface area contributed by atoms with Crippen molar-refractivity contribution in [2.75, 3.05) is 51.4 Å². The van der Waals surface area contributed by atoms with Crippen molar-refractivity contribution in [2.24, 2.45) is 5.41 Å². The third-order valence-corrected chi connectivity index (χ3v) is 3.44. The zero-order valence-corrected chi connectivity index (χ0v) is 12.6. The van der Waals surface area contributed by atoms with Gasteiger partial charge in [-0.25, -0.2) is 0 Å². The zero-order valence-electron chi connectivity index (χ0n) is 11.1. The van der Waals surface area contributed by atoms with Gasteiger partial charge in [0.05, 0.1) is 39.0 Å². The van der Waals surface area contributed by atoms with E-state index in [0.717, 1.165) is 0 Å². The van der Waals surface area contributed by atoms with E-state index in [-0.39, 0.29) is 0 Å². The van der Waals surface area contributed by atoms with E-state index in [9.17, 15) is 0 Å². The molecule has 0 aliphatic heterocycles. The summed E-state index contributed by atoms with van der Waals surface area (Å²) in [5, 5.41) is 0. The molecule has 0 aromatic rings. The highest BCUT2D eigenvalue weighted by molar-refractivity contribution is 6.21. The molecule has 0 heterocycles. The van der Waals surface area contributed by atoms with Crippen molar-refractivity contribution < 1.29 is 18.9 Å². The van der Waals surface area contributed by atoms with Gasteiger partial charge < -0.3 is 18.9 Å². The number of alkyl halides is 2. The molecule has 0 spiro atoms. The van der Waals surface area contributed by atoms with Crippen LogP contribution in [0.3, 0.4) is 0 Å². The molecular weight excluding hydrogens is 291 g/mol. The van der Waals surface area contributed by atoms with E-state index in [0.29, 0.717) is 51.4 Å². The van der Waals surface area contributed by atoms with Gasteiger partial charge >= 0.3 is 0 Å². The van der Waals surface area contributed by atoms with Crippen molar-refractivity contribution in [1.29, 1.82) is 0 Å². The molecule has 0 saturated heterocycles. The van der Waals surface area contributed by atoms with E-state index < -0.39 is 5.41 Å². The number of hydrogen-bond acceptors (Lipinski definition) is 4. The Balaban J connectivity index is 3.89. The van der Waals surface area contributed by atoms with E-state index in [4.69, 9.17) is 42.1 Å². The first-order chi connectivity index (χ1) is 9.24. The van der Waals surface area contributed by atoms with Crippen molar-refractivity contribution >= 4 is 23.2 Å². The Labute approximate surface area is 125 Å². The predicted molar refractivity (Wildman–Crippen MR) is 77.8 cm³/mol. The van der Waals surface area contributed by atoms with Gasteiger partial charge in [-0.05, 0) is 0 Å². The van der Waals surface area contributed by atoms with Crippen molar-refractivity contribution in [3.63, 3.8) is 0 Å². The highest BCUT2D eigenvalue weighted by Gasteiger charge is 2.29. The maximum absolute atomic E-state index is 5.97.